The van der Waals surface area contributed by atoms with Crippen molar-refractivity contribution in [3.8, 4) is 22.8 Å². The van der Waals surface area contributed by atoms with Gasteiger partial charge in [0.2, 0.25) is 5.91 Å². The van der Waals surface area contributed by atoms with Gasteiger partial charge in [0, 0.05) is 23.5 Å². The number of amidine groups is 1. The van der Waals surface area contributed by atoms with Crippen LogP contribution in [0, 0.1) is 0 Å². The molecule has 240 valence electrons. The number of hydrogen-bond acceptors (Lipinski definition) is 7. The maximum absolute atomic E-state index is 13.2. The first-order valence-electron chi connectivity index (χ1n) is 14.6. The Labute approximate surface area is 268 Å². The molecule has 14 heteroatoms. The van der Waals surface area contributed by atoms with Crippen LogP contribution in [0.3, 0.4) is 0 Å². The summed E-state index contributed by atoms with van der Waals surface area (Å²) in [6.45, 7) is 8.75. The van der Waals surface area contributed by atoms with Gasteiger partial charge in [-0.05, 0) is 85.0 Å². The number of rotatable bonds is 9. The molecule has 46 heavy (non-hydrogen) atoms. The highest BCUT2D eigenvalue weighted by atomic mass is 32.2. The van der Waals surface area contributed by atoms with Crippen molar-refractivity contribution in [1.82, 2.24) is 14.8 Å². The predicted octanol–water partition coefficient (Wildman–Crippen LogP) is 7.62. The molecular weight excluding hydrogens is 619 g/mol. The summed E-state index contributed by atoms with van der Waals surface area (Å²) in [5.74, 6) is 0.222. The molecule has 0 spiro atoms. The van der Waals surface area contributed by atoms with Crippen LogP contribution in [0.4, 0.5) is 35.0 Å². The van der Waals surface area contributed by atoms with Gasteiger partial charge in [-0.2, -0.15) is 4.99 Å². The van der Waals surface area contributed by atoms with Crippen LogP contribution in [0.1, 0.15) is 44.7 Å². The number of benzene rings is 3. The number of thioether (sulfide) groups is 1. The van der Waals surface area contributed by atoms with Crippen molar-refractivity contribution in [3.05, 3.63) is 78.1 Å². The van der Waals surface area contributed by atoms with Gasteiger partial charge in [-0.3, -0.25) is 9.69 Å². The van der Waals surface area contributed by atoms with Crippen LogP contribution in [0.5, 0.6) is 5.75 Å². The number of urea groups is 1. The molecule has 2 N–H and O–H groups in total. The Morgan fingerprint density at radius 2 is 1.85 bits per heavy atom. The van der Waals surface area contributed by atoms with Gasteiger partial charge >= 0.3 is 12.4 Å². The maximum atomic E-state index is 13.2. The number of nitrogens with one attached hydrogen (secondary N) is 2. The second-order valence-corrected chi connectivity index (χ2v) is 11.5. The van der Waals surface area contributed by atoms with Gasteiger partial charge in [0.05, 0.1) is 17.1 Å². The van der Waals surface area contributed by atoms with Gasteiger partial charge in [0.1, 0.15) is 12.1 Å². The minimum Gasteiger partial charge on any atom is -0.406 e. The Bertz CT molecular complexity index is 1770. The molecule has 0 radical (unpaired) electrons. The van der Waals surface area contributed by atoms with Crippen LogP contribution in [0.25, 0.3) is 17.1 Å². The largest absolute Gasteiger partial charge is 0.573 e. The number of hydrogen-bond donors (Lipinski definition) is 2. The number of aryl methyl sites for hydroxylation is 1. The van der Waals surface area contributed by atoms with Gasteiger partial charge in [-0.1, -0.05) is 38.6 Å². The average molecular weight is 652 g/mol. The van der Waals surface area contributed by atoms with Crippen LogP contribution in [-0.2, 0) is 11.2 Å². The van der Waals surface area contributed by atoms with Crippen molar-refractivity contribution >= 4 is 45.9 Å². The Kier molecular flexibility index (Phi) is 9.65. The number of alkyl halides is 3. The number of aromatic nitrogens is 3. The lowest BCUT2D eigenvalue weighted by Gasteiger charge is -2.23. The number of carbonyl (C=O) groups excluding carboxylic acids is 2. The highest BCUT2D eigenvalue weighted by Crippen LogP contribution is 2.36. The Morgan fingerprint density at radius 1 is 1.09 bits per heavy atom. The quantitative estimate of drug-likeness (QED) is 0.191. The van der Waals surface area contributed by atoms with E-state index in [0.29, 0.717) is 40.0 Å². The van der Waals surface area contributed by atoms with Crippen molar-refractivity contribution in [2.75, 3.05) is 27.8 Å². The van der Waals surface area contributed by atoms with E-state index in [4.69, 9.17) is 0 Å². The van der Waals surface area contributed by atoms with Crippen molar-refractivity contribution in [2.24, 2.45) is 4.99 Å². The first kappa shape index (κ1) is 32.5. The van der Waals surface area contributed by atoms with E-state index in [0.717, 1.165) is 23.4 Å². The number of ether oxygens (including phenoxy) is 1. The van der Waals surface area contributed by atoms with Gasteiger partial charge in [-0.15, -0.1) is 18.3 Å². The minimum atomic E-state index is -4.78. The summed E-state index contributed by atoms with van der Waals surface area (Å²) in [7, 11) is 0. The molecule has 0 aliphatic carbocycles. The standard InChI is InChI=1S/C32H32F3N7O3S/c1-5-20-15-21(29-37-18-41(40-29)23-9-11-24(12-10-23)45-32(33,34)35)7-14-26(20)38-30(44)39-31-42(28(43)17-46-31)27-16-22(36-6-2)8-13-25(27)19(3)4/h7-16,18-19,36H,5-6,17H2,1-4H3,(H,38,44). The zero-order valence-electron chi connectivity index (χ0n) is 25.6. The third-order valence-corrected chi connectivity index (χ3v) is 7.97. The summed E-state index contributed by atoms with van der Waals surface area (Å²) in [6, 6.07) is 15.9. The molecule has 5 rings (SSSR count). The van der Waals surface area contributed by atoms with Crippen LogP contribution in [0.15, 0.2) is 72.0 Å². The average Bonchev–Trinajstić information content (AvgIpc) is 3.64. The second-order valence-electron chi connectivity index (χ2n) is 10.6. The molecule has 1 aliphatic heterocycles. The molecule has 1 aromatic heterocycles. The summed E-state index contributed by atoms with van der Waals surface area (Å²) in [4.78, 5) is 36.3. The highest BCUT2D eigenvalue weighted by molar-refractivity contribution is 8.15. The fourth-order valence-corrected chi connectivity index (χ4v) is 5.78. The smallest absolute Gasteiger partial charge is 0.406 e. The van der Waals surface area contributed by atoms with E-state index >= 15 is 0 Å². The Hall–Kier alpha value is -4.85. The molecule has 0 atom stereocenters. The fraction of sp³-hybridized carbons (Fsp3) is 0.281. The first-order chi connectivity index (χ1) is 22.0. The lowest BCUT2D eigenvalue weighted by molar-refractivity contribution is -0.274. The van der Waals surface area contributed by atoms with Crippen LogP contribution in [0.2, 0.25) is 0 Å². The van der Waals surface area contributed by atoms with Crippen LogP contribution >= 0.6 is 11.8 Å². The van der Waals surface area contributed by atoms with Crippen molar-refractivity contribution in [1.29, 1.82) is 0 Å². The zero-order valence-corrected chi connectivity index (χ0v) is 26.4. The third kappa shape index (κ3) is 7.50. The molecule has 0 unspecified atom stereocenters. The molecule has 0 bridgehead atoms. The lowest BCUT2D eigenvalue weighted by Crippen LogP contribution is -2.31. The fourth-order valence-electron chi connectivity index (χ4n) is 4.92. The second kappa shape index (κ2) is 13.6. The monoisotopic (exact) mass is 651 g/mol. The molecule has 0 saturated carbocycles. The molecule has 3 amide bonds. The predicted molar refractivity (Wildman–Crippen MR) is 174 cm³/mol. The summed E-state index contributed by atoms with van der Waals surface area (Å²) >= 11 is 1.21. The van der Waals surface area contributed by atoms with E-state index in [-0.39, 0.29) is 23.3 Å². The summed E-state index contributed by atoms with van der Waals surface area (Å²) in [5.41, 5.74) is 5.08. The molecule has 2 heterocycles. The number of amides is 3. The molecule has 1 saturated heterocycles. The van der Waals surface area contributed by atoms with Crippen molar-refractivity contribution in [3.63, 3.8) is 0 Å². The van der Waals surface area contributed by atoms with Gasteiger partial charge in [0.15, 0.2) is 11.0 Å². The van der Waals surface area contributed by atoms with E-state index in [1.165, 1.54) is 51.9 Å². The molecule has 10 nitrogen and oxygen atoms in total. The number of aliphatic imine (C=N–C) groups is 1. The molecule has 4 aromatic rings. The van der Waals surface area contributed by atoms with Gasteiger partial charge in [-0.25, -0.2) is 14.5 Å². The number of nitrogens with zero attached hydrogens (tertiary/aromatic N) is 5. The minimum absolute atomic E-state index is 0.143. The van der Waals surface area contributed by atoms with E-state index in [2.05, 4.69) is 30.4 Å². The molecular formula is C32H32F3N7O3S. The highest BCUT2D eigenvalue weighted by Gasteiger charge is 2.33. The van der Waals surface area contributed by atoms with Gasteiger partial charge in [0.25, 0.3) is 0 Å². The van der Waals surface area contributed by atoms with Crippen molar-refractivity contribution < 1.29 is 27.5 Å². The SMILES string of the molecule is CCNc1ccc(C(C)C)c(N2C(=O)CSC2=NC(=O)Nc2ccc(-c3ncn(-c4ccc(OC(F)(F)F)cc4)n3)cc2CC)c1. The lowest BCUT2D eigenvalue weighted by atomic mass is 10.00. The summed E-state index contributed by atoms with van der Waals surface area (Å²) < 4.78 is 42.8. The molecule has 1 fully saturated rings. The molecule has 3 aromatic carbocycles. The normalized spacial score (nSPS) is 14.3. The zero-order chi connectivity index (χ0) is 33.0. The Morgan fingerprint density at radius 3 is 2.52 bits per heavy atom. The molecule has 1 aliphatic rings. The first-order valence-corrected chi connectivity index (χ1v) is 15.6. The van der Waals surface area contributed by atoms with E-state index in [9.17, 15) is 22.8 Å². The summed E-state index contributed by atoms with van der Waals surface area (Å²) in [5, 5.41) is 10.9. The van der Waals surface area contributed by atoms with Crippen molar-refractivity contribution in [2.45, 2.75) is 46.4 Å². The third-order valence-electron chi connectivity index (χ3n) is 7.05. The number of halogens is 3. The van der Waals surface area contributed by atoms with E-state index < -0.39 is 12.4 Å². The van der Waals surface area contributed by atoms with Crippen LogP contribution < -0.4 is 20.3 Å². The van der Waals surface area contributed by atoms with Crippen LogP contribution in [-0.4, -0.2) is 50.5 Å². The van der Waals surface area contributed by atoms with E-state index in [1.54, 1.807) is 12.1 Å². The summed E-state index contributed by atoms with van der Waals surface area (Å²) in [6.07, 6.45) is -2.74. The number of carbonyl (C=O) groups is 2. The Balaban J connectivity index is 1.34. The topological polar surface area (TPSA) is 114 Å². The maximum Gasteiger partial charge on any atom is 0.573 e. The van der Waals surface area contributed by atoms with E-state index in [1.807, 2.05) is 52.0 Å². The number of anilines is 3. The van der Waals surface area contributed by atoms with Gasteiger partial charge < -0.3 is 15.4 Å².